The minimum atomic E-state index is -0.327. The van der Waals surface area contributed by atoms with Gasteiger partial charge in [-0.2, -0.15) is 0 Å². The van der Waals surface area contributed by atoms with E-state index in [4.69, 9.17) is 4.74 Å². The smallest absolute Gasteiger partial charge is 0.415 e. The second-order valence-corrected chi connectivity index (χ2v) is 7.32. The predicted octanol–water partition coefficient (Wildman–Crippen LogP) is 4.26. The Hall–Kier alpha value is -3.05. The van der Waals surface area contributed by atoms with Crippen LogP contribution in [0.2, 0.25) is 0 Å². The fourth-order valence-electron chi connectivity index (χ4n) is 3.42. The molecule has 1 fully saturated rings. The number of phenolic OH excluding ortho intramolecular Hbond substituents is 1. The Morgan fingerprint density at radius 3 is 2.48 bits per heavy atom. The summed E-state index contributed by atoms with van der Waals surface area (Å²) < 4.78 is 5.70. The zero-order valence-corrected chi connectivity index (χ0v) is 16.9. The van der Waals surface area contributed by atoms with Gasteiger partial charge < -0.3 is 19.6 Å². The fraction of sp³-hybridized carbons (Fsp3) is 0.292. The van der Waals surface area contributed by atoms with Gasteiger partial charge in [0.25, 0.3) is 0 Å². The zero-order valence-electron chi connectivity index (χ0n) is 16.9. The van der Waals surface area contributed by atoms with Crippen LogP contribution in [-0.4, -0.2) is 54.2 Å². The summed E-state index contributed by atoms with van der Waals surface area (Å²) in [5.41, 5.74) is 3.54. The van der Waals surface area contributed by atoms with Gasteiger partial charge in [-0.15, -0.1) is 13.2 Å². The summed E-state index contributed by atoms with van der Waals surface area (Å²) in [6, 6.07) is 11.1. The summed E-state index contributed by atoms with van der Waals surface area (Å²) in [5, 5.41) is 10.3. The van der Waals surface area contributed by atoms with Crippen LogP contribution in [0.25, 0.3) is 11.1 Å². The molecule has 5 heteroatoms. The lowest BCUT2D eigenvalue weighted by molar-refractivity contribution is 0.120. The third-order valence-electron chi connectivity index (χ3n) is 5.14. The number of aromatic hydroxyl groups is 1. The first kappa shape index (κ1) is 20.7. The van der Waals surface area contributed by atoms with Crippen molar-refractivity contribution in [3.05, 3.63) is 72.8 Å². The van der Waals surface area contributed by atoms with Gasteiger partial charge in [-0.3, -0.25) is 0 Å². The number of hydrogen-bond donors (Lipinski definition) is 1. The molecule has 0 unspecified atom stereocenters. The van der Waals surface area contributed by atoms with Crippen LogP contribution in [0.1, 0.15) is 11.1 Å². The van der Waals surface area contributed by atoms with Crippen molar-refractivity contribution in [2.24, 2.45) is 0 Å². The van der Waals surface area contributed by atoms with Crippen LogP contribution < -0.4 is 4.74 Å². The van der Waals surface area contributed by atoms with E-state index in [-0.39, 0.29) is 11.8 Å². The van der Waals surface area contributed by atoms with Crippen molar-refractivity contribution < 1.29 is 14.6 Å². The number of hydrogen-bond acceptors (Lipinski definition) is 4. The average Bonchev–Trinajstić information content (AvgIpc) is 2.71. The quantitative estimate of drug-likeness (QED) is 0.746. The van der Waals surface area contributed by atoms with Crippen LogP contribution in [-0.2, 0) is 12.8 Å². The van der Waals surface area contributed by atoms with Crippen LogP contribution in [0.3, 0.4) is 0 Å². The summed E-state index contributed by atoms with van der Waals surface area (Å²) in [4.78, 5) is 16.5. The largest absolute Gasteiger partial charge is 0.507 e. The third kappa shape index (κ3) is 5.06. The third-order valence-corrected chi connectivity index (χ3v) is 5.14. The van der Waals surface area contributed by atoms with Gasteiger partial charge in [0.05, 0.1) is 0 Å². The molecule has 1 aliphatic heterocycles. The van der Waals surface area contributed by atoms with Gasteiger partial charge in [-0.1, -0.05) is 24.3 Å². The molecule has 0 spiro atoms. The molecule has 1 amide bonds. The highest BCUT2D eigenvalue weighted by atomic mass is 16.6. The molecule has 29 heavy (non-hydrogen) atoms. The molecule has 3 rings (SSSR count). The number of amides is 1. The molecule has 2 aromatic rings. The molecule has 152 valence electrons. The van der Waals surface area contributed by atoms with Crippen molar-refractivity contribution in [2.45, 2.75) is 12.8 Å². The Kier molecular flexibility index (Phi) is 6.73. The van der Waals surface area contributed by atoms with E-state index in [1.165, 1.54) is 0 Å². The lowest BCUT2D eigenvalue weighted by atomic mass is 9.97. The SMILES string of the molecule is C=CCc1ccc(O)c(-c2ccc(OC(=O)N3CCN(C)CC3)c(CC=C)c2)c1. The Labute approximate surface area is 172 Å². The van der Waals surface area contributed by atoms with E-state index in [0.717, 1.165) is 41.8 Å². The van der Waals surface area contributed by atoms with Gasteiger partial charge >= 0.3 is 6.09 Å². The predicted molar refractivity (Wildman–Crippen MR) is 116 cm³/mol. The van der Waals surface area contributed by atoms with Crippen LogP contribution in [0.5, 0.6) is 11.5 Å². The number of rotatable bonds is 6. The number of likely N-dealkylation sites (N-methyl/N-ethyl adjacent to an activating group) is 1. The first-order valence-electron chi connectivity index (χ1n) is 9.84. The molecule has 5 nitrogen and oxygen atoms in total. The summed E-state index contributed by atoms with van der Waals surface area (Å²) in [7, 11) is 2.04. The standard InChI is InChI=1S/C24H28N2O3/c1-4-6-18-8-10-22(27)21(16-18)19-9-11-23(20(17-19)7-5-2)29-24(28)26-14-12-25(3)13-15-26/h4-5,8-11,16-17,27H,1-2,6-7,12-15H2,3H3. The minimum absolute atomic E-state index is 0.213. The fourth-order valence-corrected chi connectivity index (χ4v) is 3.42. The summed E-state index contributed by atoms with van der Waals surface area (Å²) in [6.45, 7) is 10.6. The van der Waals surface area contributed by atoms with Crippen molar-refractivity contribution in [2.75, 3.05) is 33.2 Å². The van der Waals surface area contributed by atoms with Gasteiger partial charge in [-0.05, 0) is 60.8 Å². The van der Waals surface area contributed by atoms with Gasteiger partial charge in [0, 0.05) is 31.7 Å². The van der Waals surface area contributed by atoms with E-state index in [9.17, 15) is 9.90 Å². The van der Waals surface area contributed by atoms with Gasteiger partial charge in [0.15, 0.2) is 0 Å². The molecule has 1 saturated heterocycles. The Bertz CT molecular complexity index is 899. The molecule has 0 saturated carbocycles. The second-order valence-electron chi connectivity index (χ2n) is 7.32. The van der Waals surface area contributed by atoms with Crippen LogP contribution in [0, 0.1) is 0 Å². The number of carbonyl (C=O) groups excluding carboxylic acids is 1. The number of ether oxygens (including phenoxy) is 1. The van der Waals surface area contributed by atoms with E-state index < -0.39 is 0 Å². The maximum absolute atomic E-state index is 12.6. The van der Waals surface area contributed by atoms with Crippen molar-refractivity contribution in [3.8, 4) is 22.6 Å². The van der Waals surface area contributed by atoms with E-state index >= 15 is 0 Å². The summed E-state index contributed by atoms with van der Waals surface area (Å²) in [6.07, 6.45) is 4.58. The van der Waals surface area contributed by atoms with Gasteiger partial charge in [-0.25, -0.2) is 4.79 Å². The Morgan fingerprint density at radius 2 is 1.79 bits per heavy atom. The number of allylic oxidation sites excluding steroid dienone is 2. The average molecular weight is 392 g/mol. The van der Waals surface area contributed by atoms with E-state index in [1.54, 1.807) is 23.1 Å². The maximum Gasteiger partial charge on any atom is 0.415 e. The van der Waals surface area contributed by atoms with Crippen molar-refractivity contribution in [1.82, 2.24) is 9.80 Å². The normalized spacial score (nSPS) is 14.4. The molecule has 1 heterocycles. The number of benzene rings is 2. The zero-order chi connectivity index (χ0) is 20.8. The summed E-state index contributed by atoms with van der Waals surface area (Å²) in [5.74, 6) is 0.740. The van der Waals surface area contributed by atoms with Crippen molar-refractivity contribution >= 4 is 6.09 Å². The highest BCUT2D eigenvalue weighted by molar-refractivity contribution is 5.75. The minimum Gasteiger partial charge on any atom is -0.507 e. The Morgan fingerprint density at radius 1 is 1.07 bits per heavy atom. The van der Waals surface area contributed by atoms with E-state index in [0.29, 0.717) is 25.3 Å². The molecule has 0 radical (unpaired) electrons. The van der Waals surface area contributed by atoms with E-state index in [2.05, 4.69) is 18.1 Å². The highest BCUT2D eigenvalue weighted by Crippen LogP contribution is 2.34. The van der Waals surface area contributed by atoms with Gasteiger partial charge in [0.1, 0.15) is 11.5 Å². The number of carbonyl (C=O) groups is 1. The number of phenols is 1. The molecular weight excluding hydrogens is 364 g/mol. The molecule has 0 aliphatic carbocycles. The summed E-state index contributed by atoms with van der Waals surface area (Å²) >= 11 is 0. The molecular formula is C24H28N2O3. The number of nitrogens with zero attached hydrogens (tertiary/aromatic N) is 2. The first-order valence-corrected chi connectivity index (χ1v) is 9.84. The van der Waals surface area contributed by atoms with Crippen molar-refractivity contribution in [1.29, 1.82) is 0 Å². The molecule has 2 aromatic carbocycles. The Balaban J connectivity index is 1.85. The second kappa shape index (κ2) is 9.43. The molecule has 0 bridgehead atoms. The van der Waals surface area contributed by atoms with Crippen molar-refractivity contribution in [3.63, 3.8) is 0 Å². The van der Waals surface area contributed by atoms with E-state index in [1.807, 2.05) is 37.4 Å². The topological polar surface area (TPSA) is 53.0 Å². The molecule has 0 atom stereocenters. The molecule has 1 aliphatic rings. The van der Waals surface area contributed by atoms with Gasteiger partial charge in [0.2, 0.25) is 0 Å². The van der Waals surface area contributed by atoms with Crippen LogP contribution in [0.15, 0.2) is 61.7 Å². The van der Waals surface area contributed by atoms with Crippen LogP contribution >= 0.6 is 0 Å². The lowest BCUT2D eigenvalue weighted by Crippen LogP contribution is -2.48. The monoisotopic (exact) mass is 392 g/mol. The highest BCUT2D eigenvalue weighted by Gasteiger charge is 2.21. The van der Waals surface area contributed by atoms with Crippen LogP contribution in [0.4, 0.5) is 4.79 Å². The molecule has 0 aromatic heterocycles. The molecule has 1 N–H and O–H groups in total. The lowest BCUT2D eigenvalue weighted by Gasteiger charge is -2.31. The maximum atomic E-state index is 12.6. The number of piperazine rings is 1. The first-order chi connectivity index (χ1) is 14.0.